The largest absolute Gasteiger partial charge is 0.495 e. The molecule has 2 aromatic rings. The fourth-order valence-electron chi connectivity index (χ4n) is 2.46. The van der Waals surface area contributed by atoms with E-state index in [1.807, 2.05) is 50.2 Å². The summed E-state index contributed by atoms with van der Waals surface area (Å²) in [5, 5.41) is 0. The van der Waals surface area contributed by atoms with Crippen LogP contribution in [0.4, 0.5) is 0 Å². The highest BCUT2D eigenvalue weighted by molar-refractivity contribution is 5.81. The van der Waals surface area contributed by atoms with Crippen LogP contribution in [0, 0.1) is 0 Å². The number of methoxy groups -OCH3 is 1. The molecule has 3 nitrogen and oxygen atoms in total. The summed E-state index contributed by atoms with van der Waals surface area (Å²) in [6.45, 7) is 7.92. The van der Waals surface area contributed by atoms with Crippen LogP contribution in [-0.4, -0.2) is 17.9 Å². The Morgan fingerprint density at radius 2 is 1.91 bits per heavy atom. The summed E-state index contributed by atoms with van der Waals surface area (Å²) < 4.78 is 5.10. The van der Waals surface area contributed by atoms with Crippen molar-refractivity contribution in [1.29, 1.82) is 0 Å². The van der Waals surface area contributed by atoms with Gasteiger partial charge in [0.25, 0.3) is 0 Å². The van der Waals surface area contributed by atoms with Crippen LogP contribution < -0.4 is 4.74 Å². The molecule has 3 heteroatoms. The molecular formula is C20H23NO2. The lowest BCUT2D eigenvalue weighted by atomic mass is 9.96. The highest BCUT2D eigenvalue weighted by atomic mass is 16.5. The normalized spacial score (nSPS) is 11.8. The summed E-state index contributed by atoms with van der Waals surface area (Å²) in [5.41, 5.74) is 4.09. The maximum atomic E-state index is 12.3. The lowest BCUT2D eigenvalue weighted by Crippen LogP contribution is -2.08. The number of pyridine rings is 1. The number of ketones is 1. The number of carbonyl (C=O) groups is 1. The van der Waals surface area contributed by atoms with Gasteiger partial charge in [-0.2, -0.15) is 0 Å². The predicted molar refractivity (Wildman–Crippen MR) is 93.7 cm³/mol. The Balaban J connectivity index is 1.93. The van der Waals surface area contributed by atoms with Crippen molar-refractivity contribution in [3.05, 3.63) is 66.0 Å². The third kappa shape index (κ3) is 4.78. The molecule has 0 saturated carbocycles. The first-order valence-corrected chi connectivity index (χ1v) is 7.76. The molecule has 1 aromatic heterocycles. The monoisotopic (exact) mass is 309 g/mol. The van der Waals surface area contributed by atoms with Gasteiger partial charge < -0.3 is 4.74 Å². The summed E-state index contributed by atoms with van der Waals surface area (Å²) in [6.07, 6.45) is 2.63. The van der Waals surface area contributed by atoms with Crippen molar-refractivity contribution in [2.75, 3.05) is 7.11 Å². The van der Waals surface area contributed by atoms with E-state index in [1.165, 1.54) is 0 Å². The molecule has 0 aliphatic carbocycles. The minimum atomic E-state index is 0.100. The lowest BCUT2D eigenvalue weighted by Gasteiger charge is -2.11. The van der Waals surface area contributed by atoms with Crippen molar-refractivity contribution in [2.45, 2.75) is 32.6 Å². The summed E-state index contributed by atoms with van der Waals surface area (Å²) in [6, 6.07) is 11.8. The molecule has 0 N–H and O–H groups in total. The van der Waals surface area contributed by atoms with E-state index in [0.29, 0.717) is 12.8 Å². The maximum absolute atomic E-state index is 12.3. The molecule has 0 spiro atoms. The van der Waals surface area contributed by atoms with Gasteiger partial charge in [-0.15, -0.1) is 0 Å². The highest BCUT2D eigenvalue weighted by Crippen LogP contribution is 2.20. The fourth-order valence-corrected chi connectivity index (χ4v) is 2.46. The van der Waals surface area contributed by atoms with Crippen LogP contribution in [0.2, 0.25) is 0 Å². The number of Topliss-reactive ketones (excluding diaryl/α,β-unsaturated/α-hetero) is 1. The van der Waals surface area contributed by atoms with Gasteiger partial charge in [0.1, 0.15) is 11.5 Å². The molecule has 23 heavy (non-hydrogen) atoms. The van der Waals surface area contributed by atoms with E-state index in [1.54, 1.807) is 13.3 Å². The van der Waals surface area contributed by atoms with Crippen molar-refractivity contribution in [3.63, 3.8) is 0 Å². The molecule has 0 aliphatic rings. The van der Waals surface area contributed by atoms with Crippen molar-refractivity contribution < 1.29 is 9.53 Å². The Kier molecular flexibility index (Phi) is 5.69. The van der Waals surface area contributed by atoms with Crippen LogP contribution in [0.5, 0.6) is 5.75 Å². The number of carbonyl (C=O) groups excluding carboxylic acids is 1. The highest BCUT2D eigenvalue weighted by Gasteiger charge is 2.13. The second-order valence-corrected chi connectivity index (χ2v) is 5.92. The van der Waals surface area contributed by atoms with Gasteiger partial charge in [-0.05, 0) is 30.2 Å². The van der Waals surface area contributed by atoms with E-state index >= 15 is 0 Å². The van der Waals surface area contributed by atoms with Gasteiger partial charge in [0.15, 0.2) is 0 Å². The zero-order valence-electron chi connectivity index (χ0n) is 14.0. The molecule has 120 valence electrons. The van der Waals surface area contributed by atoms with Gasteiger partial charge in [-0.25, -0.2) is 0 Å². The van der Waals surface area contributed by atoms with Crippen LogP contribution in [0.3, 0.4) is 0 Å². The number of aromatic nitrogens is 1. The Labute approximate surface area is 138 Å². The number of hydrogen-bond donors (Lipinski definition) is 0. The SMILES string of the molecule is C=C(C)c1ccc(CC(=O)C[C@H](C)c2ccc(OC)cn2)cc1. The predicted octanol–water partition coefficient (Wildman–Crippen LogP) is 4.43. The van der Waals surface area contributed by atoms with E-state index in [9.17, 15) is 4.79 Å². The van der Waals surface area contributed by atoms with Crippen LogP contribution in [0.25, 0.3) is 5.57 Å². The van der Waals surface area contributed by atoms with Crippen molar-refractivity contribution in [1.82, 2.24) is 4.98 Å². The van der Waals surface area contributed by atoms with Gasteiger partial charge in [0.2, 0.25) is 0 Å². The molecule has 0 radical (unpaired) electrons. The number of nitrogens with zero attached hydrogens (tertiary/aromatic N) is 1. The van der Waals surface area contributed by atoms with E-state index in [4.69, 9.17) is 4.74 Å². The Hall–Kier alpha value is -2.42. The number of benzene rings is 1. The summed E-state index contributed by atoms with van der Waals surface area (Å²) in [4.78, 5) is 16.6. The Morgan fingerprint density at radius 1 is 1.22 bits per heavy atom. The van der Waals surface area contributed by atoms with Crippen LogP contribution >= 0.6 is 0 Å². The Morgan fingerprint density at radius 3 is 2.43 bits per heavy atom. The minimum Gasteiger partial charge on any atom is -0.495 e. The average molecular weight is 309 g/mol. The van der Waals surface area contributed by atoms with Crippen molar-refractivity contribution >= 4 is 11.4 Å². The standard InChI is InChI=1S/C20H23NO2/c1-14(2)17-7-5-16(6-8-17)12-18(22)11-15(3)20-10-9-19(23-4)13-21-20/h5-10,13,15H,1,11-12H2,2-4H3/t15-/m0/s1. The lowest BCUT2D eigenvalue weighted by molar-refractivity contribution is -0.118. The minimum absolute atomic E-state index is 0.100. The molecule has 0 unspecified atom stereocenters. The first-order chi connectivity index (χ1) is 11.0. The average Bonchev–Trinajstić information content (AvgIpc) is 2.55. The van der Waals surface area contributed by atoms with Gasteiger partial charge in [-0.1, -0.05) is 43.3 Å². The van der Waals surface area contributed by atoms with Crippen LogP contribution in [0.15, 0.2) is 49.2 Å². The van der Waals surface area contributed by atoms with E-state index in [-0.39, 0.29) is 11.7 Å². The topological polar surface area (TPSA) is 39.2 Å². The van der Waals surface area contributed by atoms with Crippen molar-refractivity contribution in [3.8, 4) is 5.75 Å². The van der Waals surface area contributed by atoms with E-state index < -0.39 is 0 Å². The number of rotatable bonds is 7. The molecule has 1 heterocycles. The molecule has 2 rings (SSSR count). The zero-order valence-corrected chi connectivity index (χ0v) is 14.0. The first-order valence-electron chi connectivity index (χ1n) is 7.76. The van der Waals surface area contributed by atoms with Crippen molar-refractivity contribution in [2.24, 2.45) is 0 Å². The summed E-state index contributed by atoms with van der Waals surface area (Å²) >= 11 is 0. The molecule has 1 atom stereocenters. The number of ether oxygens (including phenoxy) is 1. The quantitative estimate of drug-likeness (QED) is 0.759. The van der Waals surface area contributed by atoms with E-state index in [0.717, 1.165) is 28.1 Å². The maximum Gasteiger partial charge on any atom is 0.137 e. The molecular weight excluding hydrogens is 286 g/mol. The molecule has 0 saturated heterocycles. The molecule has 0 amide bonds. The Bertz CT molecular complexity index is 672. The fraction of sp³-hybridized carbons (Fsp3) is 0.300. The third-order valence-electron chi connectivity index (χ3n) is 3.88. The van der Waals surface area contributed by atoms with Crippen LogP contribution in [-0.2, 0) is 11.2 Å². The second-order valence-electron chi connectivity index (χ2n) is 5.92. The summed E-state index contributed by atoms with van der Waals surface area (Å²) in [5.74, 6) is 1.05. The molecule has 0 fully saturated rings. The van der Waals surface area contributed by atoms with Gasteiger partial charge in [0, 0.05) is 24.5 Å². The smallest absolute Gasteiger partial charge is 0.137 e. The molecule has 0 aliphatic heterocycles. The molecule has 1 aromatic carbocycles. The van der Waals surface area contributed by atoms with Gasteiger partial charge in [-0.3, -0.25) is 9.78 Å². The second kappa shape index (κ2) is 7.73. The van der Waals surface area contributed by atoms with Gasteiger partial charge in [0.05, 0.1) is 13.3 Å². The zero-order chi connectivity index (χ0) is 16.8. The third-order valence-corrected chi connectivity index (χ3v) is 3.88. The van der Waals surface area contributed by atoms with Crippen LogP contribution in [0.1, 0.15) is 43.0 Å². The number of allylic oxidation sites excluding steroid dienone is 1. The summed E-state index contributed by atoms with van der Waals surface area (Å²) in [7, 11) is 1.61. The molecule has 0 bridgehead atoms. The number of hydrogen-bond acceptors (Lipinski definition) is 3. The van der Waals surface area contributed by atoms with E-state index in [2.05, 4.69) is 11.6 Å². The van der Waals surface area contributed by atoms with Gasteiger partial charge >= 0.3 is 0 Å². The first kappa shape index (κ1) is 16.9.